The molecule has 7 heteroatoms. The molecule has 1 amide bonds. The molecule has 1 heterocycles. The van der Waals surface area contributed by atoms with E-state index in [1.807, 2.05) is 42.7 Å². The summed E-state index contributed by atoms with van der Waals surface area (Å²) in [5.74, 6) is 0.711. The van der Waals surface area contributed by atoms with E-state index in [1.165, 1.54) is 11.8 Å². The number of nitrogens with one attached hydrogen (secondary N) is 1. The van der Waals surface area contributed by atoms with Crippen LogP contribution in [0.2, 0.25) is 5.02 Å². The molecule has 0 saturated heterocycles. The number of aromatic nitrogens is 3. The van der Waals surface area contributed by atoms with Gasteiger partial charge in [0.2, 0.25) is 5.91 Å². The van der Waals surface area contributed by atoms with Crippen LogP contribution in [0.3, 0.4) is 0 Å². The van der Waals surface area contributed by atoms with E-state index in [9.17, 15) is 4.79 Å². The first-order valence-corrected chi connectivity index (χ1v) is 9.45. The molecule has 0 radical (unpaired) electrons. The number of rotatable bonds is 6. The van der Waals surface area contributed by atoms with Gasteiger partial charge in [0.1, 0.15) is 5.82 Å². The summed E-state index contributed by atoms with van der Waals surface area (Å²) in [5.41, 5.74) is 1.84. The van der Waals surface area contributed by atoms with Crippen LogP contribution in [0.5, 0.6) is 0 Å². The van der Waals surface area contributed by atoms with Crippen molar-refractivity contribution in [1.29, 1.82) is 0 Å². The molecule has 0 spiro atoms. The molecule has 0 unspecified atom stereocenters. The molecule has 1 aromatic heterocycles. The lowest BCUT2D eigenvalue weighted by Crippen LogP contribution is -2.23. The number of hydrogen-bond donors (Lipinski definition) is 1. The maximum absolute atomic E-state index is 12.5. The fraction of sp³-hybridized carbons (Fsp3) is 0.211. The molecule has 5 nitrogen and oxygen atoms in total. The highest BCUT2D eigenvalue weighted by Crippen LogP contribution is 2.24. The summed E-state index contributed by atoms with van der Waals surface area (Å²) in [6.45, 7) is 4.43. The van der Waals surface area contributed by atoms with Crippen LogP contribution >= 0.6 is 23.4 Å². The fourth-order valence-corrected chi connectivity index (χ4v) is 3.50. The molecule has 0 aliphatic carbocycles. The van der Waals surface area contributed by atoms with Crippen LogP contribution in [-0.2, 0) is 11.3 Å². The first kappa shape index (κ1) is 18.5. The Morgan fingerprint density at radius 3 is 2.69 bits per heavy atom. The number of anilines is 1. The zero-order valence-electron chi connectivity index (χ0n) is 14.5. The molecule has 1 atom stereocenters. The van der Waals surface area contributed by atoms with E-state index in [0.717, 1.165) is 16.5 Å². The zero-order valence-corrected chi connectivity index (χ0v) is 16.1. The van der Waals surface area contributed by atoms with E-state index < -0.39 is 0 Å². The van der Waals surface area contributed by atoms with Crippen molar-refractivity contribution in [2.75, 3.05) is 5.32 Å². The SMILES string of the molecule is Cc1nnc(S[C@H](C)C(=O)Nc2cccc(Cl)c2)n1Cc1ccccc1. The molecule has 26 heavy (non-hydrogen) atoms. The molecular weight excluding hydrogens is 368 g/mol. The summed E-state index contributed by atoms with van der Waals surface area (Å²) in [4.78, 5) is 12.5. The average molecular weight is 387 g/mol. The van der Waals surface area contributed by atoms with Gasteiger partial charge in [0.25, 0.3) is 0 Å². The first-order valence-electron chi connectivity index (χ1n) is 8.20. The van der Waals surface area contributed by atoms with Crippen LogP contribution in [0.15, 0.2) is 59.8 Å². The Morgan fingerprint density at radius 2 is 1.96 bits per heavy atom. The van der Waals surface area contributed by atoms with Crippen molar-refractivity contribution >= 4 is 35.0 Å². The van der Waals surface area contributed by atoms with E-state index in [-0.39, 0.29) is 11.2 Å². The minimum absolute atomic E-state index is 0.107. The molecule has 0 aliphatic rings. The predicted molar refractivity (Wildman–Crippen MR) is 106 cm³/mol. The van der Waals surface area contributed by atoms with E-state index in [0.29, 0.717) is 17.3 Å². The number of amides is 1. The molecule has 3 rings (SSSR count). The van der Waals surface area contributed by atoms with Crippen LogP contribution in [0.1, 0.15) is 18.3 Å². The second-order valence-electron chi connectivity index (χ2n) is 5.86. The molecule has 0 saturated carbocycles. The second-order valence-corrected chi connectivity index (χ2v) is 7.61. The van der Waals surface area contributed by atoms with E-state index in [2.05, 4.69) is 27.6 Å². The Kier molecular flexibility index (Phi) is 5.96. The third-order valence-corrected chi connectivity index (χ3v) is 5.14. The van der Waals surface area contributed by atoms with E-state index in [1.54, 1.807) is 18.2 Å². The number of hydrogen-bond acceptors (Lipinski definition) is 4. The highest BCUT2D eigenvalue weighted by Gasteiger charge is 2.19. The number of nitrogens with zero attached hydrogens (tertiary/aromatic N) is 3. The first-order chi connectivity index (χ1) is 12.5. The Balaban J connectivity index is 1.69. The van der Waals surface area contributed by atoms with Gasteiger partial charge in [0.05, 0.1) is 11.8 Å². The molecule has 3 aromatic rings. The molecule has 134 valence electrons. The standard InChI is InChI=1S/C19H19ClN4OS/c1-13(18(25)21-17-10-6-9-16(20)11-17)26-19-23-22-14(2)24(19)12-15-7-4-3-5-8-15/h3-11,13H,12H2,1-2H3,(H,21,25)/t13-/m1/s1. The largest absolute Gasteiger partial charge is 0.325 e. The van der Waals surface area contributed by atoms with Crippen molar-refractivity contribution in [2.45, 2.75) is 30.8 Å². The van der Waals surface area contributed by atoms with Gasteiger partial charge in [-0.15, -0.1) is 10.2 Å². The number of thioether (sulfide) groups is 1. The van der Waals surface area contributed by atoms with Crippen LogP contribution < -0.4 is 5.32 Å². The molecule has 0 aliphatic heterocycles. The normalized spacial score (nSPS) is 12.0. The number of carbonyl (C=O) groups is 1. The summed E-state index contributed by atoms with van der Waals surface area (Å²) in [6.07, 6.45) is 0. The maximum atomic E-state index is 12.5. The monoisotopic (exact) mass is 386 g/mol. The summed E-state index contributed by atoms with van der Waals surface area (Å²) in [7, 11) is 0. The fourth-order valence-electron chi connectivity index (χ4n) is 2.42. The quantitative estimate of drug-likeness (QED) is 0.637. The average Bonchev–Trinajstić information content (AvgIpc) is 2.96. The van der Waals surface area contributed by atoms with Gasteiger partial charge in [-0.05, 0) is 37.6 Å². The lowest BCUT2D eigenvalue weighted by Gasteiger charge is -2.13. The van der Waals surface area contributed by atoms with Gasteiger partial charge in [-0.25, -0.2) is 0 Å². The highest BCUT2D eigenvalue weighted by molar-refractivity contribution is 8.00. The Hall–Kier alpha value is -2.31. The third-order valence-electron chi connectivity index (χ3n) is 3.83. The smallest absolute Gasteiger partial charge is 0.237 e. The van der Waals surface area contributed by atoms with Crippen molar-refractivity contribution < 1.29 is 4.79 Å². The molecule has 0 fully saturated rings. The van der Waals surface area contributed by atoms with Crippen molar-refractivity contribution in [3.63, 3.8) is 0 Å². The van der Waals surface area contributed by atoms with E-state index >= 15 is 0 Å². The minimum Gasteiger partial charge on any atom is -0.325 e. The molecule has 0 bridgehead atoms. The summed E-state index contributed by atoms with van der Waals surface area (Å²) in [5, 5.41) is 12.3. The topological polar surface area (TPSA) is 59.8 Å². The van der Waals surface area contributed by atoms with Gasteiger partial charge < -0.3 is 9.88 Å². The summed E-state index contributed by atoms with van der Waals surface area (Å²) >= 11 is 7.35. The summed E-state index contributed by atoms with van der Waals surface area (Å²) in [6, 6.07) is 17.2. The Labute approximate surface area is 161 Å². The third kappa shape index (κ3) is 4.65. The van der Waals surface area contributed by atoms with Crippen molar-refractivity contribution in [1.82, 2.24) is 14.8 Å². The lowest BCUT2D eigenvalue weighted by molar-refractivity contribution is -0.115. The van der Waals surface area contributed by atoms with Crippen LogP contribution in [-0.4, -0.2) is 25.9 Å². The molecular formula is C19H19ClN4OS. The second kappa shape index (κ2) is 8.38. The van der Waals surface area contributed by atoms with Gasteiger partial charge in [-0.1, -0.05) is 59.8 Å². The number of carbonyl (C=O) groups excluding carboxylic acids is 1. The van der Waals surface area contributed by atoms with Gasteiger partial charge >= 0.3 is 0 Å². The number of aryl methyl sites for hydroxylation is 1. The zero-order chi connectivity index (χ0) is 18.5. The maximum Gasteiger partial charge on any atom is 0.237 e. The predicted octanol–water partition coefficient (Wildman–Crippen LogP) is 4.41. The number of benzene rings is 2. The Morgan fingerprint density at radius 1 is 1.19 bits per heavy atom. The summed E-state index contributed by atoms with van der Waals surface area (Å²) < 4.78 is 2.02. The van der Waals surface area contributed by atoms with Crippen molar-refractivity contribution in [3.05, 3.63) is 71.0 Å². The number of halogens is 1. The van der Waals surface area contributed by atoms with Crippen molar-refractivity contribution in [2.24, 2.45) is 0 Å². The van der Waals surface area contributed by atoms with Gasteiger partial charge in [-0.2, -0.15) is 0 Å². The minimum atomic E-state index is -0.327. The van der Waals surface area contributed by atoms with Crippen LogP contribution in [0.25, 0.3) is 0 Å². The molecule has 1 N–H and O–H groups in total. The molecule has 2 aromatic carbocycles. The van der Waals surface area contributed by atoms with Gasteiger partial charge in [0.15, 0.2) is 5.16 Å². The lowest BCUT2D eigenvalue weighted by atomic mass is 10.2. The van der Waals surface area contributed by atoms with Gasteiger partial charge in [0, 0.05) is 10.7 Å². The van der Waals surface area contributed by atoms with Crippen LogP contribution in [0, 0.1) is 6.92 Å². The highest BCUT2D eigenvalue weighted by atomic mass is 35.5. The van der Waals surface area contributed by atoms with Crippen LogP contribution in [0.4, 0.5) is 5.69 Å². The van der Waals surface area contributed by atoms with Crippen molar-refractivity contribution in [3.8, 4) is 0 Å². The van der Waals surface area contributed by atoms with Gasteiger partial charge in [-0.3, -0.25) is 4.79 Å². The Bertz CT molecular complexity index is 898. The van der Waals surface area contributed by atoms with E-state index in [4.69, 9.17) is 11.6 Å².